The minimum Gasteiger partial charge on any atom is -0.324 e. The van der Waals surface area contributed by atoms with Crippen LogP contribution in [0.25, 0.3) is 11.0 Å². The topological polar surface area (TPSA) is 17.8 Å². The van der Waals surface area contributed by atoms with Gasteiger partial charge in [-0.2, -0.15) is 0 Å². The van der Waals surface area contributed by atoms with Crippen molar-refractivity contribution in [3.63, 3.8) is 0 Å². The van der Waals surface area contributed by atoms with E-state index < -0.39 is 0 Å². The quantitative estimate of drug-likeness (QED) is 0.447. The van der Waals surface area contributed by atoms with E-state index in [1.54, 1.807) is 0 Å². The summed E-state index contributed by atoms with van der Waals surface area (Å²) in [6, 6.07) is 7.11. The van der Waals surface area contributed by atoms with Crippen LogP contribution in [0.15, 0.2) is 18.2 Å². The molecule has 2 aromatic rings. The summed E-state index contributed by atoms with van der Waals surface area (Å²) in [5, 5.41) is 0. The Bertz CT molecular complexity index is 615. The molecule has 1 aliphatic carbocycles. The zero-order chi connectivity index (χ0) is 14.8. The molecular weight excluding hydrogens is 395 g/mol. The first-order valence-electron chi connectivity index (χ1n) is 7.95. The highest BCUT2D eigenvalue weighted by molar-refractivity contribution is 14.1. The first kappa shape index (κ1) is 15.6. The van der Waals surface area contributed by atoms with Crippen molar-refractivity contribution in [1.82, 2.24) is 9.55 Å². The van der Waals surface area contributed by atoms with Crippen LogP contribution in [0, 0.1) is 9.49 Å². The van der Waals surface area contributed by atoms with Gasteiger partial charge in [-0.3, -0.25) is 0 Å². The van der Waals surface area contributed by atoms with Crippen LogP contribution >= 0.6 is 34.2 Å². The van der Waals surface area contributed by atoms with Crippen molar-refractivity contribution in [2.24, 2.45) is 5.92 Å². The number of rotatable bonds is 4. The van der Waals surface area contributed by atoms with Gasteiger partial charge in [-0.15, -0.1) is 11.6 Å². The van der Waals surface area contributed by atoms with Crippen molar-refractivity contribution in [3.05, 3.63) is 27.6 Å². The first-order chi connectivity index (χ1) is 10.2. The number of hydrogen-bond donors (Lipinski definition) is 0. The van der Waals surface area contributed by atoms with Gasteiger partial charge in [0.25, 0.3) is 0 Å². The van der Waals surface area contributed by atoms with Crippen LogP contribution in [-0.4, -0.2) is 9.55 Å². The lowest BCUT2D eigenvalue weighted by Crippen LogP contribution is -2.19. The summed E-state index contributed by atoms with van der Waals surface area (Å²) in [6.07, 6.45) is 7.94. The number of nitrogens with zero attached hydrogens (tertiary/aromatic N) is 2. The predicted octanol–water partition coefficient (Wildman–Crippen LogP) is 5.91. The fourth-order valence-corrected chi connectivity index (χ4v) is 4.39. The van der Waals surface area contributed by atoms with Gasteiger partial charge in [0.2, 0.25) is 0 Å². The van der Waals surface area contributed by atoms with E-state index >= 15 is 0 Å². The fraction of sp³-hybridized carbons (Fsp3) is 0.588. The average Bonchev–Trinajstić information content (AvgIpc) is 2.86. The third-order valence-corrected chi connectivity index (χ3v) is 5.63. The summed E-state index contributed by atoms with van der Waals surface area (Å²) < 4.78 is 3.65. The second-order valence-electron chi connectivity index (χ2n) is 6.13. The molecule has 4 heteroatoms. The van der Waals surface area contributed by atoms with Crippen molar-refractivity contribution < 1.29 is 0 Å². The molecule has 1 aromatic heterocycles. The van der Waals surface area contributed by atoms with Crippen molar-refractivity contribution >= 4 is 45.2 Å². The molecule has 0 radical (unpaired) electrons. The van der Waals surface area contributed by atoms with Gasteiger partial charge >= 0.3 is 0 Å². The monoisotopic (exact) mass is 416 g/mol. The number of alkyl halides is 1. The smallest absolute Gasteiger partial charge is 0.125 e. The summed E-state index contributed by atoms with van der Waals surface area (Å²) in [4.78, 5) is 4.75. The maximum Gasteiger partial charge on any atom is 0.125 e. The summed E-state index contributed by atoms with van der Waals surface area (Å²) in [5.74, 6) is 2.47. The minimum absolute atomic E-state index is 0.500. The van der Waals surface area contributed by atoms with E-state index in [9.17, 15) is 0 Å². The Morgan fingerprint density at radius 1 is 1.29 bits per heavy atom. The van der Waals surface area contributed by atoms with E-state index in [4.69, 9.17) is 16.6 Å². The Hall–Kier alpha value is -0.290. The Balaban J connectivity index is 1.89. The normalized spacial score (nSPS) is 22.8. The van der Waals surface area contributed by atoms with Crippen LogP contribution in [0.4, 0.5) is 0 Å². The van der Waals surface area contributed by atoms with Gasteiger partial charge in [0.15, 0.2) is 0 Å². The standard InChI is InChI=1S/C17H22ClIN2/c1-2-3-12-4-7-14(8-5-12)21-16-9-6-13(19)10-15(16)20-17(21)11-18/h6,9-10,12,14H,2-5,7-8,11H2,1H3. The molecule has 1 aliphatic rings. The van der Waals surface area contributed by atoms with E-state index in [0.29, 0.717) is 11.9 Å². The van der Waals surface area contributed by atoms with Crippen LogP contribution in [-0.2, 0) is 5.88 Å². The first-order valence-corrected chi connectivity index (χ1v) is 9.56. The summed E-state index contributed by atoms with van der Waals surface area (Å²) in [6.45, 7) is 2.29. The zero-order valence-corrected chi connectivity index (χ0v) is 15.4. The third-order valence-electron chi connectivity index (χ3n) is 4.72. The molecule has 1 heterocycles. The molecule has 3 rings (SSSR count). The van der Waals surface area contributed by atoms with Gasteiger partial charge in [0.05, 0.1) is 16.9 Å². The number of halogens is 2. The molecule has 1 aromatic carbocycles. The van der Waals surface area contributed by atoms with E-state index in [-0.39, 0.29) is 0 Å². The van der Waals surface area contributed by atoms with Gasteiger partial charge in [0, 0.05) is 9.61 Å². The largest absolute Gasteiger partial charge is 0.324 e. The highest BCUT2D eigenvalue weighted by Crippen LogP contribution is 2.37. The molecule has 0 spiro atoms. The maximum atomic E-state index is 6.16. The Kier molecular flexibility index (Phi) is 5.10. The molecular formula is C17H22ClIN2. The van der Waals surface area contributed by atoms with Crippen molar-refractivity contribution in [2.75, 3.05) is 0 Å². The van der Waals surface area contributed by atoms with Crippen molar-refractivity contribution in [2.45, 2.75) is 57.4 Å². The van der Waals surface area contributed by atoms with Crippen LogP contribution in [0.1, 0.15) is 57.3 Å². The summed E-state index contributed by atoms with van der Waals surface area (Å²) >= 11 is 8.50. The predicted molar refractivity (Wildman–Crippen MR) is 97.9 cm³/mol. The molecule has 1 saturated carbocycles. The van der Waals surface area contributed by atoms with Gasteiger partial charge in [-0.05, 0) is 72.4 Å². The second-order valence-corrected chi connectivity index (χ2v) is 7.64. The lowest BCUT2D eigenvalue weighted by atomic mass is 9.83. The van der Waals surface area contributed by atoms with Crippen LogP contribution in [0.5, 0.6) is 0 Å². The van der Waals surface area contributed by atoms with Crippen LogP contribution in [0.2, 0.25) is 0 Å². The Labute approximate surface area is 145 Å². The molecule has 0 aliphatic heterocycles. The number of imidazole rings is 1. The minimum atomic E-state index is 0.500. The van der Waals surface area contributed by atoms with Gasteiger partial charge in [-0.25, -0.2) is 4.98 Å². The van der Waals surface area contributed by atoms with Crippen molar-refractivity contribution in [1.29, 1.82) is 0 Å². The molecule has 0 bridgehead atoms. The lowest BCUT2D eigenvalue weighted by molar-refractivity contribution is 0.263. The summed E-state index contributed by atoms with van der Waals surface area (Å²) in [7, 11) is 0. The van der Waals surface area contributed by atoms with Crippen LogP contribution in [0.3, 0.4) is 0 Å². The number of aromatic nitrogens is 2. The zero-order valence-electron chi connectivity index (χ0n) is 12.5. The second kappa shape index (κ2) is 6.86. The van der Waals surface area contributed by atoms with E-state index in [2.05, 4.69) is 52.3 Å². The molecule has 0 amide bonds. The Morgan fingerprint density at radius 2 is 2.05 bits per heavy atom. The molecule has 2 nitrogen and oxygen atoms in total. The number of benzene rings is 1. The Morgan fingerprint density at radius 3 is 2.71 bits per heavy atom. The molecule has 0 N–H and O–H groups in total. The van der Waals surface area contributed by atoms with E-state index in [0.717, 1.165) is 17.3 Å². The molecule has 0 unspecified atom stereocenters. The fourth-order valence-electron chi connectivity index (χ4n) is 3.72. The van der Waals surface area contributed by atoms with Gasteiger partial charge in [0.1, 0.15) is 5.82 Å². The lowest BCUT2D eigenvalue weighted by Gasteiger charge is -2.30. The van der Waals surface area contributed by atoms with Crippen LogP contribution < -0.4 is 0 Å². The molecule has 0 atom stereocenters. The van der Waals surface area contributed by atoms with Gasteiger partial charge in [-0.1, -0.05) is 19.8 Å². The maximum absolute atomic E-state index is 6.16. The highest BCUT2D eigenvalue weighted by Gasteiger charge is 2.25. The number of hydrogen-bond acceptors (Lipinski definition) is 1. The average molecular weight is 417 g/mol. The SMILES string of the molecule is CCCC1CCC(n2c(CCl)nc3cc(I)ccc32)CC1. The number of fused-ring (bicyclic) bond motifs is 1. The third kappa shape index (κ3) is 3.24. The molecule has 114 valence electrons. The van der Waals surface area contributed by atoms with E-state index in [1.165, 1.54) is 47.6 Å². The molecule has 21 heavy (non-hydrogen) atoms. The highest BCUT2D eigenvalue weighted by atomic mass is 127. The molecule has 0 saturated heterocycles. The van der Waals surface area contributed by atoms with Crippen molar-refractivity contribution in [3.8, 4) is 0 Å². The summed E-state index contributed by atoms with van der Waals surface area (Å²) in [5.41, 5.74) is 2.35. The molecule has 1 fully saturated rings. The van der Waals surface area contributed by atoms with E-state index in [1.807, 2.05) is 0 Å². The van der Waals surface area contributed by atoms with Gasteiger partial charge < -0.3 is 4.57 Å².